The van der Waals surface area contributed by atoms with Gasteiger partial charge in [0.05, 0.1) is 29.4 Å². The Morgan fingerprint density at radius 1 is 1.14 bits per heavy atom. The maximum atomic E-state index is 13.2. The number of benzene rings is 1. The summed E-state index contributed by atoms with van der Waals surface area (Å²) >= 11 is 0.881. The van der Waals surface area contributed by atoms with E-state index in [2.05, 4.69) is 25.5 Å². The largest absolute Gasteiger partial charge is 0.503 e. The van der Waals surface area contributed by atoms with Gasteiger partial charge in [-0.05, 0) is 38.1 Å². The van der Waals surface area contributed by atoms with E-state index in [-0.39, 0.29) is 31.3 Å². The van der Waals surface area contributed by atoms with Crippen LogP contribution >= 0.6 is 11.3 Å². The normalized spacial score (nSPS) is 16.6. The summed E-state index contributed by atoms with van der Waals surface area (Å²) in [5, 5.41) is 37.8. The highest BCUT2D eigenvalue weighted by atomic mass is 32.2. The fraction of sp³-hybridized carbons (Fsp3) is 0.269. The van der Waals surface area contributed by atoms with Crippen LogP contribution in [0.1, 0.15) is 35.6 Å². The van der Waals surface area contributed by atoms with Gasteiger partial charge in [0.1, 0.15) is 11.7 Å². The zero-order valence-corrected chi connectivity index (χ0v) is 28.5. The predicted octanol–water partition coefficient (Wildman–Crippen LogP) is -2.18. The Kier molecular flexibility index (Phi) is 10.7. The third kappa shape index (κ3) is 8.58. The molecule has 4 rings (SSSR count). The second-order valence-corrected chi connectivity index (χ2v) is 14.9. The number of aliphatic carboxylic acids is 1. The molecule has 1 aromatic carbocycles. The van der Waals surface area contributed by atoms with Crippen molar-refractivity contribution in [2.75, 3.05) is 12.3 Å². The Morgan fingerprint density at radius 2 is 1.78 bits per heavy atom. The van der Waals surface area contributed by atoms with E-state index in [1.165, 1.54) is 5.38 Å². The number of oxime groups is 1. The van der Waals surface area contributed by atoms with E-state index in [9.17, 15) is 60.8 Å². The number of carbonyl (C=O) groups excluding carboxylic acids is 3. The molecule has 0 bridgehead atoms. The second-order valence-electron chi connectivity index (χ2n) is 11.0. The van der Waals surface area contributed by atoms with Gasteiger partial charge >= 0.3 is 16.3 Å². The van der Waals surface area contributed by atoms with Gasteiger partial charge in [-0.25, -0.2) is 27.2 Å². The van der Waals surface area contributed by atoms with Gasteiger partial charge in [0, 0.05) is 23.6 Å². The summed E-state index contributed by atoms with van der Waals surface area (Å²) in [5.74, 6) is -5.61. The van der Waals surface area contributed by atoms with E-state index >= 15 is 0 Å². The molecule has 1 fully saturated rings. The quantitative estimate of drug-likeness (QED) is 0.0284. The third-order valence-corrected chi connectivity index (χ3v) is 10.0. The van der Waals surface area contributed by atoms with Gasteiger partial charge in [0.2, 0.25) is 21.1 Å². The fourth-order valence-corrected chi connectivity index (χ4v) is 6.62. The lowest BCUT2D eigenvalue weighted by Gasteiger charge is -2.44. The number of thiazole rings is 1. The molecule has 51 heavy (non-hydrogen) atoms. The van der Waals surface area contributed by atoms with Crippen LogP contribution < -0.4 is 26.5 Å². The zero-order chi connectivity index (χ0) is 38.1. The number of carbonyl (C=O) groups is 4. The van der Waals surface area contributed by atoms with E-state index < -0.39 is 91.7 Å². The Bertz CT molecular complexity index is 2200. The average molecular weight is 773 g/mol. The van der Waals surface area contributed by atoms with Gasteiger partial charge in [-0.2, -0.15) is 13.1 Å². The van der Waals surface area contributed by atoms with Gasteiger partial charge in [-0.1, -0.05) is 5.16 Å². The summed E-state index contributed by atoms with van der Waals surface area (Å²) < 4.78 is 61.4. The number of anilines is 1. The van der Waals surface area contributed by atoms with Crippen LogP contribution in [-0.4, -0.2) is 104 Å². The van der Waals surface area contributed by atoms with Crippen LogP contribution in [0.4, 0.5) is 5.13 Å². The molecular formula is C26H28N8O14S3. The Balaban J connectivity index is 1.47. The van der Waals surface area contributed by atoms with Gasteiger partial charge < -0.3 is 36.6 Å². The molecule has 3 heterocycles. The first-order valence-corrected chi connectivity index (χ1v) is 17.7. The summed E-state index contributed by atoms with van der Waals surface area (Å²) in [6.07, 6.45) is 0.676. The first-order chi connectivity index (χ1) is 23.6. The van der Waals surface area contributed by atoms with Crippen LogP contribution in [0.2, 0.25) is 0 Å². The third-order valence-electron chi connectivity index (χ3n) is 7.00. The number of carboxylic acids is 1. The highest BCUT2D eigenvalue weighted by molar-refractivity contribution is 7.89. The summed E-state index contributed by atoms with van der Waals surface area (Å²) in [6.45, 7) is 1.02. The van der Waals surface area contributed by atoms with Crippen molar-refractivity contribution in [3.8, 4) is 5.75 Å². The molecule has 274 valence electrons. The van der Waals surface area contributed by atoms with Crippen LogP contribution in [0.15, 0.2) is 56.8 Å². The summed E-state index contributed by atoms with van der Waals surface area (Å²) in [4.78, 5) is 70.4. The monoisotopic (exact) mass is 772 g/mol. The number of nitrogens with two attached hydrogens (primary N) is 1. The smallest absolute Gasteiger partial charge is 0.362 e. The Morgan fingerprint density at radius 3 is 2.35 bits per heavy atom. The van der Waals surface area contributed by atoms with Crippen molar-refractivity contribution in [3.63, 3.8) is 0 Å². The van der Waals surface area contributed by atoms with Crippen molar-refractivity contribution < 1.29 is 60.8 Å². The van der Waals surface area contributed by atoms with Crippen molar-refractivity contribution >= 4 is 66.2 Å². The van der Waals surface area contributed by atoms with Gasteiger partial charge in [0.25, 0.3) is 17.7 Å². The number of hydrogen-bond acceptors (Lipinski definition) is 16. The number of aromatic hydroxyl groups is 1. The number of hydrogen-bond donors (Lipinski definition) is 8. The van der Waals surface area contributed by atoms with Crippen molar-refractivity contribution in [3.05, 3.63) is 69.1 Å². The van der Waals surface area contributed by atoms with E-state index in [1.807, 2.05) is 0 Å². The molecule has 0 aliphatic carbocycles. The van der Waals surface area contributed by atoms with Crippen molar-refractivity contribution in [1.82, 2.24) is 29.4 Å². The van der Waals surface area contributed by atoms with Gasteiger partial charge in [-0.15, -0.1) is 11.3 Å². The van der Waals surface area contributed by atoms with Crippen molar-refractivity contribution in [1.29, 1.82) is 0 Å². The summed E-state index contributed by atoms with van der Waals surface area (Å²) in [7, 11) is -9.46. The number of β-lactam (4-membered cyclic amide) rings is 1. The minimum absolute atomic E-state index is 0.00123. The number of aromatic nitrogens is 2. The molecular weight excluding hydrogens is 745 g/mol. The number of carboxylic acid groups (broad SMARTS) is 1. The maximum absolute atomic E-state index is 13.2. The number of rotatable bonds is 14. The average Bonchev–Trinajstić information content (AvgIpc) is 3.47. The molecule has 3 aromatic rings. The standard InChI is InChI=1S/C26H28N8O14S3/c1-26(2,24(40)41)48-32-19(15-11-49-25(27)30-15)22(38)31-20-16(34(23(20)39)51(45,46)47)9-28-21(37)12-3-5-14(6-4-12)50(43,44)29-8-13-7-17(35)18(36)10-33(13)42/h3-7,10-11,16,20,29,36,42H,8-9H2,1-2H3,(H2,27,30)(H,28,37)(H,31,38)(H,40,41)(H,45,46,47)/b32-19-/t16-,20+/m1/s1. The number of pyridine rings is 1. The van der Waals surface area contributed by atoms with Gasteiger partial charge in [-0.3, -0.25) is 23.7 Å². The summed E-state index contributed by atoms with van der Waals surface area (Å²) in [5.41, 5.74) is 1.66. The lowest BCUT2D eigenvalue weighted by molar-refractivity contribution is -0.161. The topological polar surface area (TPSA) is 339 Å². The molecule has 1 saturated heterocycles. The molecule has 22 nitrogen and oxygen atoms in total. The molecule has 1 aliphatic heterocycles. The lowest BCUT2D eigenvalue weighted by Crippen LogP contribution is -2.74. The molecule has 1 aliphatic rings. The fourth-order valence-electron chi connectivity index (χ4n) is 4.19. The first-order valence-electron chi connectivity index (χ1n) is 14.0. The minimum Gasteiger partial charge on any atom is -0.503 e. The van der Waals surface area contributed by atoms with Crippen LogP contribution in [-0.2, 0) is 46.1 Å². The van der Waals surface area contributed by atoms with Crippen LogP contribution in [0, 0.1) is 0 Å². The minimum atomic E-state index is -5.20. The number of nitrogens with one attached hydrogen (secondary N) is 3. The van der Waals surface area contributed by atoms with E-state index in [1.54, 1.807) is 0 Å². The molecule has 2 aromatic heterocycles. The number of sulfonamides is 1. The molecule has 2 atom stereocenters. The number of nitrogens with zero attached hydrogens (tertiary/aromatic N) is 4. The highest BCUT2D eigenvalue weighted by Gasteiger charge is 2.54. The molecule has 0 spiro atoms. The van der Waals surface area contributed by atoms with Crippen LogP contribution in [0.25, 0.3) is 0 Å². The summed E-state index contributed by atoms with van der Waals surface area (Å²) in [6, 6.07) is 1.75. The molecule has 9 N–H and O–H groups in total. The second kappa shape index (κ2) is 14.3. The Labute approximate surface area is 291 Å². The molecule has 25 heteroatoms. The molecule has 0 saturated carbocycles. The number of nitrogen functional groups attached to an aromatic ring is 1. The molecule has 0 unspecified atom stereocenters. The number of amides is 3. The van der Waals surface area contributed by atoms with E-state index in [4.69, 9.17) is 10.6 Å². The van der Waals surface area contributed by atoms with Crippen LogP contribution in [0.5, 0.6) is 5.75 Å². The first kappa shape index (κ1) is 38.2. The van der Waals surface area contributed by atoms with Crippen LogP contribution in [0.3, 0.4) is 0 Å². The Hall–Kier alpha value is -5.63. The maximum Gasteiger partial charge on any atom is 0.362 e. The molecule has 3 amide bonds. The van der Waals surface area contributed by atoms with E-state index in [0.717, 1.165) is 55.5 Å². The molecule has 0 radical (unpaired) electrons. The van der Waals surface area contributed by atoms with Gasteiger partial charge in [0.15, 0.2) is 16.6 Å². The lowest BCUT2D eigenvalue weighted by atomic mass is 9.98. The highest BCUT2D eigenvalue weighted by Crippen LogP contribution is 2.24. The zero-order valence-electron chi connectivity index (χ0n) is 26.1. The van der Waals surface area contributed by atoms with Crippen molar-refractivity contribution in [2.45, 2.75) is 43.0 Å². The predicted molar refractivity (Wildman–Crippen MR) is 172 cm³/mol. The van der Waals surface area contributed by atoms with Crippen molar-refractivity contribution in [2.24, 2.45) is 5.16 Å². The SMILES string of the molecule is CC(C)(O/N=C(\C(=O)N[C@@H]1C(=O)N(S(=O)(=O)O)[C@@H]1CNC(=O)c1ccc(S(=O)(=O)NCc2cc(=O)c(O)cn2O)cc1)c1csc(N)n1)C(=O)O. The van der Waals surface area contributed by atoms with E-state index in [0.29, 0.717) is 10.9 Å².